The van der Waals surface area contributed by atoms with Crippen LogP contribution in [0.5, 0.6) is 0 Å². The Morgan fingerprint density at radius 2 is 1.81 bits per heavy atom. The van der Waals surface area contributed by atoms with Crippen molar-refractivity contribution in [3.8, 4) is 0 Å². The zero-order valence-corrected chi connectivity index (χ0v) is 19.1. The molecule has 1 atom stereocenters. The number of nitrogens with zero attached hydrogens (tertiary/aromatic N) is 3. The molecule has 2 aromatic rings. The van der Waals surface area contributed by atoms with Crippen LogP contribution in [0.2, 0.25) is 5.02 Å². The number of rotatable bonds is 4. The van der Waals surface area contributed by atoms with E-state index >= 15 is 0 Å². The highest BCUT2D eigenvalue weighted by Gasteiger charge is 2.43. The second kappa shape index (κ2) is 8.28. The van der Waals surface area contributed by atoms with Gasteiger partial charge in [0.2, 0.25) is 10.0 Å². The highest BCUT2D eigenvalue weighted by Crippen LogP contribution is 2.40. The maximum Gasteiger partial charge on any atom is 0.416 e. The lowest BCUT2D eigenvalue weighted by atomic mass is 10.0. The number of halogens is 4. The maximum absolute atomic E-state index is 12.7. The van der Waals surface area contributed by atoms with Crippen LogP contribution in [0.1, 0.15) is 11.1 Å². The van der Waals surface area contributed by atoms with E-state index in [2.05, 4.69) is 4.99 Å². The van der Waals surface area contributed by atoms with Crippen molar-refractivity contribution in [3.63, 3.8) is 0 Å². The van der Waals surface area contributed by atoms with Gasteiger partial charge in [-0.25, -0.2) is 17.7 Å². The van der Waals surface area contributed by atoms with Crippen molar-refractivity contribution in [1.29, 1.82) is 0 Å². The highest BCUT2D eigenvalue weighted by atomic mass is 35.5. The summed E-state index contributed by atoms with van der Waals surface area (Å²) in [5.41, 5.74) is -1.78. The van der Waals surface area contributed by atoms with E-state index in [1.165, 1.54) is 61.1 Å². The molecule has 3 rings (SSSR count). The van der Waals surface area contributed by atoms with Crippen molar-refractivity contribution in [2.24, 2.45) is 4.99 Å². The van der Waals surface area contributed by atoms with Crippen LogP contribution in [-0.4, -0.2) is 54.8 Å². The van der Waals surface area contributed by atoms with E-state index in [1.54, 1.807) is 7.05 Å². The minimum atomic E-state index is -4.44. The lowest BCUT2D eigenvalue weighted by Crippen LogP contribution is -2.42. The minimum Gasteiger partial charge on any atom is -0.366 e. The summed E-state index contributed by atoms with van der Waals surface area (Å²) in [4.78, 5) is 5.63. The average Bonchev–Trinajstić information content (AvgIpc) is 2.97. The Hall–Kier alpha value is -1.79. The molecule has 1 aliphatic rings. The molecule has 0 radical (unpaired) electrons. The van der Waals surface area contributed by atoms with Gasteiger partial charge in [0.25, 0.3) is 0 Å². The molecule has 31 heavy (non-hydrogen) atoms. The van der Waals surface area contributed by atoms with Gasteiger partial charge in [0.05, 0.1) is 22.0 Å². The first kappa shape index (κ1) is 23.9. The van der Waals surface area contributed by atoms with E-state index in [4.69, 9.17) is 11.6 Å². The summed E-state index contributed by atoms with van der Waals surface area (Å²) in [5.74, 6) is 0.131. The lowest BCUT2D eigenvalue weighted by Gasteiger charge is -2.31. The van der Waals surface area contributed by atoms with Gasteiger partial charge in [0.1, 0.15) is 4.90 Å². The maximum atomic E-state index is 12.7. The fraction of sp³-hybridized carbons (Fsp3) is 0.316. The molecule has 0 bridgehead atoms. The number of alkyl halides is 3. The summed E-state index contributed by atoms with van der Waals surface area (Å²) >= 11 is 7.28. The SMILES string of the molecule is CN1C(=Nc2ccc(C(F)(F)F)cc2)SCC1(O)c1ccc(Cl)c(S(=O)(=O)N(C)C)c1. The van der Waals surface area contributed by atoms with E-state index in [-0.39, 0.29) is 15.7 Å². The van der Waals surface area contributed by atoms with Gasteiger partial charge < -0.3 is 10.0 Å². The topological polar surface area (TPSA) is 73.2 Å². The smallest absolute Gasteiger partial charge is 0.366 e. The van der Waals surface area contributed by atoms with Gasteiger partial charge in [-0.3, -0.25) is 0 Å². The number of thioether (sulfide) groups is 1. The van der Waals surface area contributed by atoms with Crippen molar-refractivity contribution in [2.45, 2.75) is 16.8 Å². The van der Waals surface area contributed by atoms with Crippen molar-refractivity contribution in [1.82, 2.24) is 9.21 Å². The van der Waals surface area contributed by atoms with Crippen molar-refractivity contribution < 1.29 is 26.7 Å². The van der Waals surface area contributed by atoms with Crippen LogP contribution < -0.4 is 0 Å². The van der Waals surface area contributed by atoms with Crippen LogP contribution in [0.25, 0.3) is 0 Å². The minimum absolute atomic E-state index is 0.0213. The molecule has 1 N–H and O–H groups in total. The number of benzene rings is 2. The van der Waals surface area contributed by atoms with Crippen molar-refractivity contribution in [3.05, 3.63) is 58.6 Å². The van der Waals surface area contributed by atoms with Crippen LogP contribution in [-0.2, 0) is 21.9 Å². The first-order valence-corrected chi connectivity index (χ1v) is 11.6. The molecule has 168 valence electrons. The normalized spacial score (nSPS) is 21.3. The molecule has 1 unspecified atom stereocenters. The molecule has 1 fully saturated rings. The summed E-state index contributed by atoms with van der Waals surface area (Å²) in [6, 6.07) is 8.59. The number of hydrogen-bond donors (Lipinski definition) is 1. The van der Waals surface area contributed by atoms with Gasteiger partial charge in [0, 0.05) is 26.7 Å². The van der Waals surface area contributed by atoms with Crippen LogP contribution in [0.4, 0.5) is 18.9 Å². The van der Waals surface area contributed by atoms with Crippen molar-refractivity contribution in [2.75, 3.05) is 26.9 Å². The Morgan fingerprint density at radius 1 is 1.19 bits per heavy atom. The fourth-order valence-corrected chi connectivity index (χ4v) is 5.48. The predicted octanol–water partition coefficient (Wildman–Crippen LogP) is 4.12. The molecule has 0 saturated carbocycles. The third-order valence-corrected chi connectivity index (χ3v) is 8.28. The molecular weight excluding hydrogens is 475 g/mol. The third-order valence-electron chi connectivity index (χ3n) is 4.82. The number of aliphatic imine (C=N–C) groups is 1. The molecule has 0 amide bonds. The van der Waals surface area contributed by atoms with Gasteiger partial charge in [-0.05, 0) is 36.4 Å². The van der Waals surface area contributed by atoms with Crippen molar-refractivity contribution >= 4 is 44.2 Å². The molecule has 0 aliphatic carbocycles. The zero-order valence-electron chi connectivity index (χ0n) is 16.7. The second-order valence-corrected chi connectivity index (χ2v) is 10.5. The number of sulfonamides is 1. The summed E-state index contributed by atoms with van der Waals surface area (Å²) in [7, 11) is 0.477. The second-order valence-electron chi connectivity index (χ2n) is 7.04. The monoisotopic (exact) mass is 493 g/mol. The Morgan fingerprint density at radius 3 is 2.35 bits per heavy atom. The quantitative estimate of drug-likeness (QED) is 0.693. The van der Waals surface area contributed by atoms with Gasteiger partial charge in [0.15, 0.2) is 10.9 Å². The van der Waals surface area contributed by atoms with Gasteiger partial charge >= 0.3 is 6.18 Å². The van der Waals surface area contributed by atoms with Crippen LogP contribution in [0.15, 0.2) is 52.4 Å². The highest BCUT2D eigenvalue weighted by molar-refractivity contribution is 8.14. The largest absolute Gasteiger partial charge is 0.416 e. The Bertz CT molecular complexity index is 1120. The van der Waals surface area contributed by atoms with E-state index in [0.717, 1.165) is 16.4 Å². The summed E-state index contributed by atoms with van der Waals surface area (Å²) in [6.45, 7) is 0. The van der Waals surface area contributed by atoms with Crippen LogP contribution in [0.3, 0.4) is 0 Å². The number of aliphatic hydroxyl groups is 1. The van der Waals surface area contributed by atoms with E-state index in [0.29, 0.717) is 16.4 Å². The average molecular weight is 494 g/mol. The van der Waals surface area contributed by atoms with E-state index in [1.807, 2.05) is 0 Å². The summed E-state index contributed by atoms with van der Waals surface area (Å²) in [5, 5.41) is 11.7. The third kappa shape index (κ3) is 4.56. The van der Waals surface area contributed by atoms with Gasteiger partial charge in [-0.2, -0.15) is 13.2 Å². The number of amidine groups is 1. The Balaban J connectivity index is 1.94. The predicted molar refractivity (Wildman–Crippen MR) is 115 cm³/mol. The first-order valence-electron chi connectivity index (χ1n) is 8.84. The molecule has 6 nitrogen and oxygen atoms in total. The van der Waals surface area contributed by atoms with Crippen LogP contribution >= 0.6 is 23.4 Å². The molecule has 12 heteroatoms. The number of hydrogen-bond acceptors (Lipinski definition) is 5. The van der Waals surface area contributed by atoms with Gasteiger partial charge in [-0.15, -0.1) is 0 Å². The van der Waals surface area contributed by atoms with E-state index < -0.39 is 27.5 Å². The standard InChI is InChI=1S/C19H19ClF3N3O3S2/c1-25(2)31(28,29)16-10-13(6-9-15(16)20)18(27)11-30-17(26(18)3)24-14-7-4-12(5-8-14)19(21,22)23/h4-10,27H,11H2,1-3H3. The molecule has 0 spiro atoms. The Labute approximate surface area is 187 Å². The zero-order chi connectivity index (χ0) is 23.2. The molecular formula is C19H19ClF3N3O3S2. The fourth-order valence-electron chi connectivity index (χ4n) is 2.88. The van der Waals surface area contributed by atoms with E-state index in [9.17, 15) is 26.7 Å². The lowest BCUT2D eigenvalue weighted by molar-refractivity contribution is -0.137. The first-order chi connectivity index (χ1) is 14.3. The Kier molecular flexibility index (Phi) is 6.38. The summed E-state index contributed by atoms with van der Waals surface area (Å²) < 4.78 is 64.3. The molecule has 0 aromatic heterocycles. The molecule has 1 aliphatic heterocycles. The van der Waals surface area contributed by atoms with Gasteiger partial charge in [-0.1, -0.05) is 29.4 Å². The molecule has 2 aromatic carbocycles. The molecule has 1 saturated heterocycles. The molecule has 1 heterocycles. The van der Waals surface area contributed by atoms with Crippen LogP contribution in [0, 0.1) is 0 Å². The summed E-state index contributed by atoms with van der Waals surface area (Å²) in [6.07, 6.45) is -4.44.